The second-order valence-corrected chi connectivity index (χ2v) is 11.2. The van der Waals surface area contributed by atoms with Crippen LogP contribution in [0.15, 0.2) is 46.2 Å². The van der Waals surface area contributed by atoms with Crippen LogP contribution in [0.1, 0.15) is 65.0 Å². The number of nitrogens with zero attached hydrogens (tertiary/aromatic N) is 6. The topological polar surface area (TPSA) is 81.3 Å². The van der Waals surface area contributed by atoms with Crippen molar-refractivity contribution in [3.63, 3.8) is 0 Å². The van der Waals surface area contributed by atoms with E-state index < -0.39 is 0 Å². The number of unbranched alkanes of at least 4 members (excludes halogenated alkanes) is 1. The summed E-state index contributed by atoms with van der Waals surface area (Å²) >= 11 is 0. The third kappa shape index (κ3) is 6.50. The first-order valence-corrected chi connectivity index (χ1v) is 13.7. The molecular formula is C29H42FN7O. The van der Waals surface area contributed by atoms with Crippen LogP contribution in [-0.2, 0) is 0 Å². The van der Waals surface area contributed by atoms with Gasteiger partial charge < -0.3 is 20.2 Å². The zero-order valence-electron chi connectivity index (χ0n) is 23.3. The quantitative estimate of drug-likeness (QED) is 0.268. The number of hydrogen-bond donors (Lipinski definition) is 2. The molecule has 2 fully saturated rings. The van der Waals surface area contributed by atoms with Crippen LogP contribution in [0.3, 0.4) is 0 Å². The maximum atomic E-state index is 15.2. The number of aliphatic hydroxyl groups is 1. The van der Waals surface area contributed by atoms with Gasteiger partial charge in [0.1, 0.15) is 5.82 Å². The van der Waals surface area contributed by atoms with Gasteiger partial charge in [-0.2, -0.15) is 5.10 Å². The number of guanidine groups is 1. The monoisotopic (exact) mass is 523 g/mol. The lowest BCUT2D eigenvalue weighted by atomic mass is 9.72. The molecule has 9 heteroatoms. The van der Waals surface area contributed by atoms with Crippen LogP contribution >= 0.6 is 0 Å². The van der Waals surface area contributed by atoms with E-state index >= 15 is 4.39 Å². The minimum Gasteiger partial charge on any atom is -0.396 e. The van der Waals surface area contributed by atoms with Crippen molar-refractivity contribution in [3.05, 3.63) is 47.5 Å². The normalized spacial score (nSPS) is 17.6. The fraction of sp³-hybridized carbons (Fsp3) is 0.552. The van der Waals surface area contributed by atoms with Crippen molar-refractivity contribution >= 4 is 29.7 Å². The van der Waals surface area contributed by atoms with Crippen molar-refractivity contribution in [2.75, 3.05) is 49.5 Å². The lowest BCUT2D eigenvalue weighted by molar-refractivity contribution is -0.0194. The molecule has 0 aliphatic carbocycles. The number of allylic oxidation sites excluding steroid dienone is 1. The summed E-state index contributed by atoms with van der Waals surface area (Å²) in [5, 5.41) is 16.5. The smallest absolute Gasteiger partial charge is 0.227 e. The van der Waals surface area contributed by atoms with Gasteiger partial charge in [-0.3, -0.25) is 4.68 Å². The molecule has 0 radical (unpaired) electrons. The van der Waals surface area contributed by atoms with Crippen LogP contribution in [0.5, 0.6) is 0 Å². The second kappa shape index (κ2) is 12.2. The SMILES string of the molecule is C=N/C(=N\C(=C(C)C)c1cnn(C(C)C)c1)Nc1ccc(N2CCC3(CC2)CN(CCCCO)C3)c(F)c1. The second-order valence-electron chi connectivity index (χ2n) is 11.2. The Hall–Kier alpha value is -3.04. The number of likely N-dealkylation sites (tertiary alicyclic amines) is 1. The van der Waals surface area contributed by atoms with Crippen LogP contribution < -0.4 is 10.2 Å². The minimum absolute atomic E-state index is 0.249. The van der Waals surface area contributed by atoms with Gasteiger partial charge in [0.25, 0.3) is 0 Å². The standard InChI is InChI=1S/C29H42FN7O/c1-21(2)27(23-17-32-37(18-23)22(3)4)34-28(31-5)33-24-8-9-26(25(30)16-24)36-13-10-29(11-14-36)19-35(20-29)12-6-7-15-38/h8-9,16-18,22,38H,5-7,10-15,19-20H2,1-4H3,(H,33,34). The highest BCUT2D eigenvalue weighted by molar-refractivity contribution is 5.99. The zero-order chi connectivity index (χ0) is 27.3. The van der Waals surface area contributed by atoms with E-state index in [9.17, 15) is 0 Å². The minimum atomic E-state index is -0.255. The molecule has 2 aliphatic heterocycles. The van der Waals surface area contributed by atoms with Gasteiger partial charge in [-0.25, -0.2) is 14.4 Å². The highest BCUT2D eigenvalue weighted by Crippen LogP contribution is 2.41. The summed E-state index contributed by atoms with van der Waals surface area (Å²) in [6.45, 7) is 17.1. The summed E-state index contributed by atoms with van der Waals surface area (Å²) in [5.74, 6) is 0.0494. The van der Waals surface area contributed by atoms with Crippen molar-refractivity contribution < 1.29 is 9.50 Å². The molecule has 38 heavy (non-hydrogen) atoms. The van der Waals surface area contributed by atoms with E-state index in [-0.39, 0.29) is 18.5 Å². The number of piperidine rings is 1. The van der Waals surface area contributed by atoms with Gasteiger partial charge in [0.15, 0.2) is 0 Å². The first-order chi connectivity index (χ1) is 18.2. The number of anilines is 2. The third-order valence-electron chi connectivity index (χ3n) is 7.61. The predicted molar refractivity (Wildman–Crippen MR) is 155 cm³/mol. The molecule has 8 nitrogen and oxygen atoms in total. The summed E-state index contributed by atoms with van der Waals surface area (Å²) in [6.07, 6.45) is 7.85. The Bertz CT molecular complexity index is 1170. The zero-order valence-corrected chi connectivity index (χ0v) is 23.3. The molecule has 1 spiro atoms. The first kappa shape index (κ1) is 28.0. The summed E-state index contributed by atoms with van der Waals surface area (Å²) in [7, 11) is 0. The van der Waals surface area contributed by atoms with Gasteiger partial charge in [-0.1, -0.05) is 0 Å². The van der Waals surface area contributed by atoms with E-state index in [2.05, 4.69) is 50.8 Å². The van der Waals surface area contributed by atoms with Gasteiger partial charge in [0.2, 0.25) is 5.96 Å². The van der Waals surface area contributed by atoms with Gasteiger partial charge in [-0.05, 0) is 95.8 Å². The number of halogens is 1. The highest BCUT2D eigenvalue weighted by Gasteiger charge is 2.44. The fourth-order valence-electron chi connectivity index (χ4n) is 5.43. The molecule has 2 N–H and O–H groups in total. The van der Waals surface area contributed by atoms with E-state index in [1.165, 1.54) is 6.07 Å². The first-order valence-electron chi connectivity index (χ1n) is 13.7. The van der Waals surface area contributed by atoms with E-state index in [4.69, 9.17) is 5.11 Å². The number of hydrogen-bond acceptors (Lipinski definition) is 5. The molecule has 4 rings (SSSR count). The lowest BCUT2D eigenvalue weighted by Crippen LogP contribution is -2.60. The van der Waals surface area contributed by atoms with Gasteiger partial charge >= 0.3 is 0 Å². The van der Waals surface area contributed by atoms with Crippen molar-refractivity contribution in [1.29, 1.82) is 0 Å². The molecule has 3 heterocycles. The molecule has 0 amide bonds. The molecule has 1 aromatic heterocycles. The average Bonchev–Trinajstić information content (AvgIpc) is 3.36. The Labute approximate surface area is 226 Å². The third-order valence-corrected chi connectivity index (χ3v) is 7.61. The van der Waals surface area contributed by atoms with Crippen LogP contribution in [-0.4, -0.2) is 71.8 Å². The van der Waals surface area contributed by atoms with Crippen molar-refractivity contribution in [3.8, 4) is 0 Å². The Morgan fingerprint density at radius 1 is 1.21 bits per heavy atom. The Balaban J connectivity index is 1.38. The summed E-state index contributed by atoms with van der Waals surface area (Å²) < 4.78 is 17.1. The Morgan fingerprint density at radius 2 is 1.95 bits per heavy atom. The molecule has 0 saturated carbocycles. The molecule has 2 aromatic rings. The van der Waals surface area contributed by atoms with Gasteiger partial charge in [0.05, 0.1) is 17.6 Å². The number of aliphatic hydroxyl groups excluding tert-OH is 1. The molecule has 0 unspecified atom stereocenters. The van der Waals surface area contributed by atoms with Crippen molar-refractivity contribution in [2.45, 2.75) is 59.4 Å². The highest BCUT2D eigenvalue weighted by atomic mass is 19.1. The number of rotatable bonds is 9. The van der Waals surface area contributed by atoms with Crippen LogP contribution in [0.4, 0.5) is 15.8 Å². The van der Waals surface area contributed by atoms with Gasteiger partial charge in [-0.15, -0.1) is 0 Å². The van der Waals surface area contributed by atoms with E-state index in [0.29, 0.717) is 22.7 Å². The number of nitrogens with one attached hydrogen (secondary N) is 1. The fourth-order valence-corrected chi connectivity index (χ4v) is 5.43. The molecule has 2 aliphatic rings. The number of benzene rings is 1. The average molecular weight is 524 g/mol. The van der Waals surface area contributed by atoms with E-state index in [0.717, 1.165) is 75.2 Å². The largest absolute Gasteiger partial charge is 0.396 e. The summed E-state index contributed by atoms with van der Waals surface area (Å²) in [4.78, 5) is 13.4. The van der Waals surface area contributed by atoms with Gasteiger partial charge in [0, 0.05) is 56.3 Å². The maximum Gasteiger partial charge on any atom is 0.227 e. The van der Waals surface area contributed by atoms with Crippen LogP contribution in [0, 0.1) is 11.2 Å². The maximum absolute atomic E-state index is 15.2. The molecule has 0 atom stereocenters. The molecule has 206 valence electrons. The van der Waals surface area contributed by atoms with Crippen LogP contribution in [0.2, 0.25) is 0 Å². The molecule has 2 saturated heterocycles. The van der Waals surface area contributed by atoms with Crippen LogP contribution in [0.25, 0.3) is 5.70 Å². The lowest BCUT2D eigenvalue weighted by Gasteiger charge is -2.54. The molecule has 0 bridgehead atoms. The number of aromatic nitrogens is 2. The van der Waals surface area contributed by atoms with Crippen molar-refractivity contribution in [1.82, 2.24) is 14.7 Å². The van der Waals surface area contributed by atoms with E-state index in [1.54, 1.807) is 6.20 Å². The van der Waals surface area contributed by atoms with E-state index in [1.807, 2.05) is 36.9 Å². The Morgan fingerprint density at radius 3 is 2.53 bits per heavy atom. The molecular weight excluding hydrogens is 481 g/mol. The molecule has 1 aromatic carbocycles. The van der Waals surface area contributed by atoms with Crippen molar-refractivity contribution in [2.24, 2.45) is 15.4 Å². The summed E-state index contributed by atoms with van der Waals surface area (Å²) in [6, 6.07) is 5.46. The summed E-state index contributed by atoms with van der Waals surface area (Å²) in [5.41, 5.74) is 4.26. The predicted octanol–water partition coefficient (Wildman–Crippen LogP) is 5.20. The Kier molecular flexibility index (Phi) is 8.99. The number of aliphatic imine (C=N–C) groups is 2.